The summed E-state index contributed by atoms with van der Waals surface area (Å²) in [6, 6.07) is 8.71. The number of aryl methyl sites for hydroxylation is 2. The number of carbonyl (C=O) groups is 1. The number of carbonyl (C=O) groups excluding carboxylic acids is 1. The summed E-state index contributed by atoms with van der Waals surface area (Å²) >= 11 is 0. The third-order valence-corrected chi connectivity index (χ3v) is 5.34. The van der Waals surface area contributed by atoms with Gasteiger partial charge in [-0.15, -0.1) is 0 Å². The fourth-order valence-electron chi connectivity index (χ4n) is 3.66. The number of aromatic nitrogens is 3. The lowest BCUT2D eigenvalue weighted by Crippen LogP contribution is -2.41. The first-order valence-corrected chi connectivity index (χ1v) is 9.47. The number of halogens is 1. The van der Waals surface area contributed by atoms with Gasteiger partial charge in [0.25, 0.3) is 0 Å². The number of rotatable bonds is 4. The van der Waals surface area contributed by atoms with Crippen LogP contribution in [0.2, 0.25) is 0 Å². The molecule has 0 aliphatic carbocycles. The van der Waals surface area contributed by atoms with Crippen LogP contribution in [0.5, 0.6) is 0 Å². The molecule has 1 N–H and O–H groups in total. The number of aromatic amines is 1. The Balaban J connectivity index is 1.32. The van der Waals surface area contributed by atoms with Crippen LogP contribution in [0.4, 0.5) is 4.39 Å². The molecule has 1 saturated heterocycles. The Morgan fingerprint density at radius 1 is 1.26 bits per heavy atom. The molecule has 140 valence electrons. The minimum absolute atomic E-state index is 0.202. The van der Waals surface area contributed by atoms with E-state index in [2.05, 4.69) is 29.0 Å². The van der Waals surface area contributed by atoms with Crippen LogP contribution < -0.4 is 4.57 Å². The highest BCUT2D eigenvalue weighted by molar-refractivity contribution is 5.76. The van der Waals surface area contributed by atoms with Gasteiger partial charge in [0, 0.05) is 31.1 Å². The molecule has 0 spiro atoms. The standard InChI is InChI=1S/C21H24FN4O/c1-15-4-9-25(10-5-15)11-8-20(27)26-12-6-16(7-13-26)21-23-18-3-2-17(22)14-19(18)24-21/h2-5,9-10,14,16H,6-8,11-13H2,1H3,(H,23,24)/q+1. The molecule has 0 bridgehead atoms. The molecule has 0 radical (unpaired) electrons. The summed E-state index contributed by atoms with van der Waals surface area (Å²) in [5.74, 6) is 1.13. The highest BCUT2D eigenvalue weighted by Crippen LogP contribution is 2.28. The number of fused-ring (bicyclic) bond motifs is 1. The van der Waals surface area contributed by atoms with E-state index < -0.39 is 0 Å². The number of likely N-dealkylation sites (tertiary alicyclic amines) is 1. The number of hydrogen-bond acceptors (Lipinski definition) is 2. The molecular weight excluding hydrogens is 343 g/mol. The first-order chi connectivity index (χ1) is 13.1. The smallest absolute Gasteiger partial charge is 0.228 e. The second-order valence-electron chi connectivity index (χ2n) is 7.30. The van der Waals surface area contributed by atoms with E-state index in [1.54, 1.807) is 6.07 Å². The van der Waals surface area contributed by atoms with Gasteiger partial charge in [0.15, 0.2) is 18.9 Å². The fourth-order valence-corrected chi connectivity index (χ4v) is 3.66. The van der Waals surface area contributed by atoms with Crippen LogP contribution in [0.15, 0.2) is 42.7 Å². The molecule has 3 heterocycles. The third-order valence-electron chi connectivity index (χ3n) is 5.34. The molecule has 1 fully saturated rings. The average Bonchev–Trinajstić information content (AvgIpc) is 3.10. The SMILES string of the molecule is Cc1cc[n+](CCC(=O)N2CCC(c3nc4ccc(F)cc4[nH]3)CC2)cc1. The molecule has 1 aliphatic heterocycles. The van der Waals surface area contributed by atoms with Gasteiger partial charge < -0.3 is 9.88 Å². The van der Waals surface area contributed by atoms with Crippen LogP contribution in [0, 0.1) is 12.7 Å². The van der Waals surface area contributed by atoms with E-state index in [9.17, 15) is 9.18 Å². The Morgan fingerprint density at radius 3 is 2.74 bits per heavy atom. The number of piperidine rings is 1. The van der Waals surface area contributed by atoms with E-state index >= 15 is 0 Å². The molecule has 1 aliphatic rings. The van der Waals surface area contributed by atoms with Gasteiger partial charge in [-0.2, -0.15) is 0 Å². The number of hydrogen-bond donors (Lipinski definition) is 1. The summed E-state index contributed by atoms with van der Waals surface area (Å²) in [5.41, 5.74) is 2.74. The Morgan fingerprint density at radius 2 is 2.00 bits per heavy atom. The zero-order valence-corrected chi connectivity index (χ0v) is 15.5. The second kappa shape index (κ2) is 7.47. The van der Waals surface area contributed by atoms with Gasteiger partial charge in [-0.1, -0.05) is 0 Å². The highest BCUT2D eigenvalue weighted by atomic mass is 19.1. The van der Waals surface area contributed by atoms with Crippen LogP contribution in [-0.2, 0) is 11.3 Å². The van der Waals surface area contributed by atoms with Crippen LogP contribution in [0.25, 0.3) is 11.0 Å². The van der Waals surface area contributed by atoms with E-state index in [4.69, 9.17) is 0 Å². The minimum Gasteiger partial charge on any atom is -0.342 e. The van der Waals surface area contributed by atoms with Crippen LogP contribution in [0.3, 0.4) is 0 Å². The van der Waals surface area contributed by atoms with Crippen molar-refractivity contribution in [3.05, 3.63) is 59.9 Å². The maximum atomic E-state index is 13.3. The Hall–Kier alpha value is -2.76. The molecule has 27 heavy (non-hydrogen) atoms. The minimum atomic E-state index is -0.260. The topological polar surface area (TPSA) is 52.9 Å². The molecule has 0 atom stereocenters. The van der Waals surface area contributed by atoms with Crippen molar-refractivity contribution in [2.45, 2.75) is 38.6 Å². The Kier molecular flexibility index (Phi) is 4.88. The van der Waals surface area contributed by atoms with Gasteiger partial charge in [0.05, 0.1) is 17.5 Å². The summed E-state index contributed by atoms with van der Waals surface area (Å²) in [5, 5.41) is 0. The predicted octanol–water partition coefficient (Wildman–Crippen LogP) is 3.09. The number of H-pyrrole nitrogens is 1. The van der Waals surface area contributed by atoms with Gasteiger partial charge >= 0.3 is 0 Å². The van der Waals surface area contributed by atoms with Crippen molar-refractivity contribution in [3.8, 4) is 0 Å². The molecule has 6 heteroatoms. The quantitative estimate of drug-likeness (QED) is 0.721. The maximum absolute atomic E-state index is 13.3. The number of amides is 1. The second-order valence-corrected chi connectivity index (χ2v) is 7.30. The van der Waals surface area contributed by atoms with Gasteiger partial charge in [-0.05, 0) is 43.5 Å². The van der Waals surface area contributed by atoms with Gasteiger partial charge in [0.2, 0.25) is 5.91 Å². The summed E-state index contributed by atoms with van der Waals surface area (Å²) in [6.45, 7) is 4.24. The van der Waals surface area contributed by atoms with Crippen molar-refractivity contribution >= 4 is 16.9 Å². The summed E-state index contributed by atoms with van der Waals surface area (Å²) in [7, 11) is 0. The summed E-state index contributed by atoms with van der Waals surface area (Å²) in [6.07, 6.45) is 6.30. The molecule has 2 aromatic heterocycles. The Bertz CT molecular complexity index is 942. The zero-order chi connectivity index (χ0) is 18.8. The lowest BCUT2D eigenvalue weighted by Gasteiger charge is -2.31. The normalized spacial score (nSPS) is 15.4. The van der Waals surface area contributed by atoms with Crippen molar-refractivity contribution in [3.63, 3.8) is 0 Å². The van der Waals surface area contributed by atoms with Crippen molar-refractivity contribution < 1.29 is 13.8 Å². The van der Waals surface area contributed by atoms with E-state index in [1.165, 1.54) is 17.7 Å². The third kappa shape index (κ3) is 3.99. The fraction of sp³-hybridized carbons (Fsp3) is 0.381. The van der Waals surface area contributed by atoms with Crippen molar-refractivity contribution in [2.75, 3.05) is 13.1 Å². The van der Waals surface area contributed by atoms with Gasteiger partial charge in [-0.3, -0.25) is 4.79 Å². The largest absolute Gasteiger partial charge is 0.342 e. The van der Waals surface area contributed by atoms with Crippen molar-refractivity contribution in [1.82, 2.24) is 14.9 Å². The zero-order valence-electron chi connectivity index (χ0n) is 15.5. The number of benzene rings is 1. The van der Waals surface area contributed by atoms with E-state index in [0.717, 1.165) is 42.8 Å². The maximum Gasteiger partial charge on any atom is 0.228 e. The van der Waals surface area contributed by atoms with Crippen LogP contribution in [-0.4, -0.2) is 33.9 Å². The molecule has 0 saturated carbocycles. The molecule has 5 nitrogen and oxygen atoms in total. The lowest BCUT2D eigenvalue weighted by molar-refractivity contribution is -0.696. The van der Waals surface area contributed by atoms with Crippen LogP contribution in [0.1, 0.15) is 36.6 Å². The lowest BCUT2D eigenvalue weighted by atomic mass is 9.96. The van der Waals surface area contributed by atoms with Crippen LogP contribution >= 0.6 is 0 Å². The van der Waals surface area contributed by atoms with E-state index in [1.807, 2.05) is 21.9 Å². The Labute approximate surface area is 157 Å². The van der Waals surface area contributed by atoms with E-state index in [-0.39, 0.29) is 17.6 Å². The number of nitrogens with one attached hydrogen (secondary N) is 1. The van der Waals surface area contributed by atoms with Gasteiger partial charge in [0.1, 0.15) is 11.6 Å². The number of nitrogens with zero attached hydrogens (tertiary/aromatic N) is 3. The molecule has 1 aromatic carbocycles. The van der Waals surface area contributed by atoms with E-state index in [0.29, 0.717) is 13.0 Å². The van der Waals surface area contributed by atoms with Crippen molar-refractivity contribution in [2.24, 2.45) is 0 Å². The molecule has 3 aromatic rings. The summed E-state index contributed by atoms with van der Waals surface area (Å²) < 4.78 is 15.4. The highest BCUT2D eigenvalue weighted by Gasteiger charge is 2.26. The first-order valence-electron chi connectivity index (χ1n) is 9.47. The predicted molar refractivity (Wildman–Crippen MR) is 101 cm³/mol. The number of pyridine rings is 1. The van der Waals surface area contributed by atoms with Gasteiger partial charge in [-0.25, -0.2) is 13.9 Å². The first kappa shape index (κ1) is 17.6. The summed E-state index contributed by atoms with van der Waals surface area (Å²) in [4.78, 5) is 22.3. The molecular formula is C21H24FN4O+. The molecule has 0 unspecified atom stereocenters. The average molecular weight is 367 g/mol. The molecule has 1 amide bonds. The van der Waals surface area contributed by atoms with Crippen molar-refractivity contribution in [1.29, 1.82) is 0 Å². The molecule has 4 rings (SSSR count). The number of imidazole rings is 1. The monoisotopic (exact) mass is 367 g/mol.